The van der Waals surface area contributed by atoms with Crippen molar-refractivity contribution in [2.75, 3.05) is 19.7 Å². The van der Waals surface area contributed by atoms with E-state index in [2.05, 4.69) is 15.6 Å². The molecule has 1 fully saturated rings. The maximum atomic E-state index is 12.9. The molecule has 2 aromatic carbocycles. The van der Waals surface area contributed by atoms with Crippen molar-refractivity contribution < 1.29 is 18.7 Å². The molecule has 0 atom stereocenters. The van der Waals surface area contributed by atoms with Gasteiger partial charge in [-0.05, 0) is 29.8 Å². The van der Waals surface area contributed by atoms with E-state index in [4.69, 9.17) is 4.74 Å². The first-order valence-electron chi connectivity index (χ1n) is 9.48. The smallest absolute Gasteiger partial charge is 0.273 e. The summed E-state index contributed by atoms with van der Waals surface area (Å²) in [5.41, 5.74) is 1.23. The lowest BCUT2D eigenvalue weighted by molar-refractivity contribution is -0.139. The first-order valence-corrected chi connectivity index (χ1v) is 9.48. The fourth-order valence-electron chi connectivity index (χ4n) is 3.02. The molecule has 2 amide bonds. The van der Waals surface area contributed by atoms with E-state index in [9.17, 15) is 14.0 Å². The average molecular weight is 409 g/mol. The van der Waals surface area contributed by atoms with Crippen molar-refractivity contribution >= 4 is 11.8 Å². The summed E-state index contributed by atoms with van der Waals surface area (Å²) in [4.78, 5) is 26.1. The number of nitrogens with one attached hydrogen (secondary N) is 1. The van der Waals surface area contributed by atoms with Crippen molar-refractivity contribution in [2.45, 2.75) is 12.6 Å². The fourth-order valence-corrected chi connectivity index (χ4v) is 3.02. The zero-order chi connectivity index (χ0) is 20.9. The summed E-state index contributed by atoms with van der Waals surface area (Å²) in [6.45, 7) is 1.20. The number of nitrogens with zero attached hydrogens (tertiary/aromatic N) is 4. The van der Waals surface area contributed by atoms with E-state index in [-0.39, 0.29) is 36.0 Å². The molecule has 154 valence electrons. The van der Waals surface area contributed by atoms with Crippen LogP contribution < -0.4 is 10.1 Å². The lowest BCUT2D eigenvalue weighted by atomic mass is 10.1. The van der Waals surface area contributed by atoms with Crippen LogP contribution >= 0.6 is 0 Å². The summed E-state index contributed by atoms with van der Waals surface area (Å²) >= 11 is 0. The number of amides is 2. The van der Waals surface area contributed by atoms with E-state index < -0.39 is 0 Å². The quantitative estimate of drug-likeness (QED) is 0.643. The first kappa shape index (κ1) is 19.6. The fraction of sp³-hybridized carbons (Fsp3) is 0.238. The van der Waals surface area contributed by atoms with Crippen molar-refractivity contribution in [3.05, 3.63) is 77.9 Å². The van der Waals surface area contributed by atoms with Crippen molar-refractivity contribution in [1.29, 1.82) is 0 Å². The number of hydrogen-bond acceptors (Lipinski definition) is 5. The van der Waals surface area contributed by atoms with Crippen LogP contribution in [-0.4, -0.2) is 51.4 Å². The SMILES string of the molecule is O=C(NCc1ccccc1)c1cn(C2CN(C(=O)COc3ccc(F)cc3)C2)nn1. The highest BCUT2D eigenvalue weighted by Crippen LogP contribution is 2.21. The van der Waals surface area contributed by atoms with E-state index in [0.717, 1.165) is 5.56 Å². The standard InChI is InChI=1S/C21H20FN5O3/c22-16-6-8-18(9-7-16)30-14-20(28)26-11-17(12-26)27-13-19(24-25-27)21(29)23-10-15-4-2-1-3-5-15/h1-9,13,17H,10-12,14H2,(H,23,29). The molecule has 0 spiro atoms. The number of aromatic nitrogens is 3. The van der Waals surface area contributed by atoms with Gasteiger partial charge in [0.25, 0.3) is 11.8 Å². The van der Waals surface area contributed by atoms with Crippen LogP contribution in [0.3, 0.4) is 0 Å². The minimum atomic E-state index is -0.361. The molecule has 1 aliphatic rings. The summed E-state index contributed by atoms with van der Waals surface area (Å²) in [6, 6.07) is 15.0. The number of halogens is 1. The molecule has 30 heavy (non-hydrogen) atoms. The van der Waals surface area contributed by atoms with Crippen molar-refractivity contribution in [3.8, 4) is 5.75 Å². The maximum Gasteiger partial charge on any atom is 0.273 e. The van der Waals surface area contributed by atoms with Crippen molar-refractivity contribution in [1.82, 2.24) is 25.2 Å². The van der Waals surface area contributed by atoms with Gasteiger partial charge in [-0.2, -0.15) is 0 Å². The molecule has 8 nitrogen and oxygen atoms in total. The van der Waals surface area contributed by atoms with Gasteiger partial charge in [0.2, 0.25) is 0 Å². The second kappa shape index (κ2) is 8.73. The topological polar surface area (TPSA) is 89.4 Å². The molecule has 0 radical (unpaired) electrons. The molecule has 9 heteroatoms. The summed E-state index contributed by atoms with van der Waals surface area (Å²) in [6.07, 6.45) is 1.59. The van der Waals surface area contributed by atoms with Gasteiger partial charge in [0.1, 0.15) is 11.6 Å². The number of carbonyl (C=O) groups excluding carboxylic acids is 2. The number of benzene rings is 2. The van der Waals surface area contributed by atoms with Gasteiger partial charge in [0, 0.05) is 19.6 Å². The largest absolute Gasteiger partial charge is 0.484 e. The lowest BCUT2D eigenvalue weighted by Crippen LogP contribution is -2.52. The Hall–Kier alpha value is -3.75. The second-order valence-electron chi connectivity index (χ2n) is 6.95. The molecular weight excluding hydrogens is 389 g/mol. The zero-order valence-electron chi connectivity index (χ0n) is 16.1. The van der Waals surface area contributed by atoms with Gasteiger partial charge in [0.15, 0.2) is 12.3 Å². The Kier molecular flexibility index (Phi) is 5.69. The first-order chi connectivity index (χ1) is 14.6. The highest BCUT2D eigenvalue weighted by Gasteiger charge is 2.33. The van der Waals surface area contributed by atoms with E-state index in [1.54, 1.807) is 15.8 Å². The van der Waals surface area contributed by atoms with E-state index >= 15 is 0 Å². The normalized spacial score (nSPS) is 13.6. The molecule has 1 aromatic heterocycles. The van der Waals surface area contributed by atoms with Crippen LogP contribution in [0.25, 0.3) is 0 Å². The molecule has 1 N–H and O–H groups in total. The number of ether oxygens (including phenoxy) is 1. The van der Waals surface area contributed by atoms with Gasteiger partial charge in [0.05, 0.1) is 12.2 Å². The Morgan fingerprint density at radius 2 is 1.83 bits per heavy atom. The van der Waals surface area contributed by atoms with E-state index in [0.29, 0.717) is 25.4 Å². The number of carbonyl (C=O) groups is 2. The Morgan fingerprint density at radius 3 is 2.57 bits per heavy atom. The van der Waals surface area contributed by atoms with Crippen LogP contribution in [0.1, 0.15) is 22.1 Å². The summed E-state index contributed by atoms with van der Waals surface area (Å²) < 4.78 is 19.9. The third kappa shape index (κ3) is 4.62. The second-order valence-corrected chi connectivity index (χ2v) is 6.95. The van der Waals surface area contributed by atoms with Crippen LogP contribution in [0.15, 0.2) is 60.8 Å². The third-order valence-corrected chi connectivity index (χ3v) is 4.80. The average Bonchev–Trinajstić information content (AvgIpc) is 3.21. The van der Waals surface area contributed by atoms with Crippen LogP contribution in [0.2, 0.25) is 0 Å². The molecule has 2 heterocycles. The Labute approximate surface area is 172 Å². The summed E-state index contributed by atoms with van der Waals surface area (Å²) in [5.74, 6) is -0.397. The summed E-state index contributed by atoms with van der Waals surface area (Å²) in [7, 11) is 0. The Bertz CT molecular complexity index is 1020. The Balaban J connectivity index is 1.23. The predicted molar refractivity (Wildman–Crippen MR) is 105 cm³/mol. The number of rotatable bonds is 7. The van der Waals surface area contributed by atoms with Crippen molar-refractivity contribution in [2.24, 2.45) is 0 Å². The summed E-state index contributed by atoms with van der Waals surface area (Å²) in [5, 5.41) is 10.7. The highest BCUT2D eigenvalue weighted by molar-refractivity contribution is 5.91. The zero-order valence-corrected chi connectivity index (χ0v) is 16.1. The van der Waals surface area contributed by atoms with Gasteiger partial charge in [-0.3, -0.25) is 9.59 Å². The molecule has 4 rings (SSSR count). The number of hydrogen-bond donors (Lipinski definition) is 1. The molecular formula is C21H20FN5O3. The van der Waals surface area contributed by atoms with Crippen LogP contribution in [0, 0.1) is 5.82 Å². The molecule has 0 saturated carbocycles. The molecule has 1 saturated heterocycles. The molecule has 0 aliphatic carbocycles. The van der Waals surface area contributed by atoms with Gasteiger partial charge in [-0.15, -0.1) is 5.10 Å². The maximum absolute atomic E-state index is 12.9. The molecule has 0 bridgehead atoms. The van der Waals surface area contributed by atoms with Gasteiger partial charge in [-0.1, -0.05) is 35.5 Å². The van der Waals surface area contributed by atoms with Gasteiger partial charge < -0.3 is 15.0 Å². The van der Waals surface area contributed by atoms with Gasteiger partial charge in [-0.25, -0.2) is 9.07 Å². The highest BCUT2D eigenvalue weighted by atomic mass is 19.1. The van der Waals surface area contributed by atoms with Crippen LogP contribution in [-0.2, 0) is 11.3 Å². The third-order valence-electron chi connectivity index (χ3n) is 4.80. The lowest BCUT2D eigenvalue weighted by Gasteiger charge is -2.38. The molecule has 0 unspecified atom stereocenters. The van der Waals surface area contributed by atoms with Crippen LogP contribution in [0.5, 0.6) is 5.75 Å². The predicted octanol–water partition coefficient (Wildman–Crippen LogP) is 1.81. The number of likely N-dealkylation sites (tertiary alicyclic amines) is 1. The van der Waals surface area contributed by atoms with Crippen molar-refractivity contribution in [3.63, 3.8) is 0 Å². The monoisotopic (exact) mass is 409 g/mol. The minimum absolute atomic E-state index is 0.0389. The van der Waals surface area contributed by atoms with Crippen LogP contribution in [0.4, 0.5) is 4.39 Å². The Morgan fingerprint density at radius 1 is 1.10 bits per heavy atom. The minimum Gasteiger partial charge on any atom is -0.484 e. The van der Waals surface area contributed by atoms with E-state index in [1.165, 1.54) is 24.3 Å². The van der Waals surface area contributed by atoms with Gasteiger partial charge >= 0.3 is 0 Å². The van der Waals surface area contributed by atoms with E-state index in [1.807, 2.05) is 30.3 Å². The molecule has 1 aliphatic heterocycles. The molecule has 3 aromatic rings.